The summed E-state index contributed by atoms with van der Waals surface area (Å²) in [4.78, 5) is 21.0. The normalized spacial score (nSPS) is 15.0. The highest BCUT2D eigenvalue weighted by Gasteiger charge is 2.16. The number of nitrogens with one attached hydrogen (secondary N) is 2. The molecule has 160 valence electrons. The van der Waals surface area contributed by atoms with E-state index in [2.05, 4.69) is 25.2 Å². The lowest BCUT2D eigenvalue weighted by atomic mass is 9.96. The van der Waals surface area contributed by atoms with Crippen molar-refractivity contribution in [1.82, 2.24) is 25.2 Å². The number of aromatic nitrogens is 3. The number of rotatable bonds is 7. The fourth-order valence-electron chi connectivity index (χ4n) is 4.22. The van der Waals surface area contributed by atoms with E-state index in [1.807, 2.05) is 31.2 Å². The van der Waals surface area contributed by atoms with Crippen LogP contribution in [-0.2, 0) is 11.3 Å². The number of carbonyl (C=O) groups is 1. The van der Waals surface area contributed by atoms with Crippen LogP contribution in [0.25, 0.3) is 21.9 Å². The van der Waals surface area contributed by atoms with Crippen molar-refractivity contribution in [2.75, 3.05) is 25.5 Å². The number of para-hydroxylation sites is 1. The molecule has 1 aliphatic carbocycles. The maximum absolute atomic E-state index is 12.0. The number of anilines is 1. The second kappa shape index (κ2) is 9.30. The van der Waals surface area contributed by atoms with Gasteiger partial charge in [0.2, 0.25) is 0 Å². The summed E-state index contributed by atoms with van der Waals surface area (Å²) in [5, 5.41) is 6.95. The van der Waals surface area contributed by atoms with Crippen molar-refractivity contribution in [3.8, 4) is 0 Å². The molecule has 4 rings (SSSR count). The van der Waals surface area contributed by atoms with Crippen LogP contribution in [0.2, 0.25) is 0 Å². The van der Waals surface area contributed by atoms with E-state index in [1.165, 1.54) is 19.3 Å². The molecule has 2 heterocycles. The van der Waals surface area contributed by atoms with E-state index in [4.69, 9.17) is 10.5 Å². The lowest BCUT2D eigenvalue weighted by Gasteiger charge is -2.22. The van der Waals surface area contributed by atoms with Gasteiger partial charge >= 0.3 is 6.03 Å². The van der Waals surface area contributed by atoms with Gasteiger partial charge in [-0.1, -0.05) is 37.5 Å². The average Bonchev–Trinajstić information content (AvgIpc) is 3.08. The van der Waals surface area contributed by atoms with Gasteiger partial charge < -0.3 is 25.7 Å². The standard InChI is InChI=1S/C22H30N6O2/c1-15-25-19-20(17-9-5-6-10-18(17)27-21(19)23)28(15)12-14-30-13-11-24-22(29)26-16-7-3-2-4-8-16/h5-6,9-10,16H,2-4,7-8,11-14H2,1H3,(H2,23,27)(H2,24,26,29). The van der Waals surface area contributed by atoms with Crippen LogP contribution < -0.4 is 16.4 Å². The summed E-state index contributed by atoms with van der Waals surface area (Å²) in [6.45, 7) is 4.10. The van der Waals surface area contributed by atoms with E-state index in [1.54, 1.807) is 0 Å². The highest BCUT2D eigenvalue weighted by Crippen LogP contribution is 2.28. The number of pyridine rings is 1. The summed E-state index contributed by atoms with van der Waals surface area (Å²) >= 11 is 0. The molecular formula is C22H30N6O2. The maximum atomic E-state index is 12.0. The Balaban J connectivity index is 1.29. The molecule has 8 heteroatoms. The second-order valence-corrected chi connectivity index (χ2v) is 7.87. The van der Waals surface area contributed by atoms with E-state index in [0.717, 1.165) is 40.6 Å². The Morgan fingerprint density at radius 3 is 2.83 bits per heavy atom. The zero-order valence-electron chi connectivity index (χ0n) is 17.5. The predicted octanol–water partition coefficient (Wildman–Crippen LogP) is 3.12. The average molecular weight is 411 g/mol. The molecule has 2 aromatic heterocycles. The molecule has 8 nitrogen and oxygen atoms in total. The SMILES string of the molecule is Cc1nc2c(N)nc3ccccc3c2n1CCOCCNC(=O)NC1CCCCC1. The number of nitrogen functional groups attached to an aromatic ring is 1. The number of benzene rings is 1. The first kappa shape index (κ1) is 20.4. The number of imidazole rings is 1. The van der Waals surface area contributed by atoms with Gasteiger partial charge in [-0.05, 0) is 25.8 Å². The van der Waals surface area contributed by atoms with Crippen molar-refractivity contribution in [3.05, 3.63) is 30.1 Å². The molecule has 0 radical (unpaired) electrons. The van der Waals surface area contributed by atoms with Crippen molar-refractivity contribution in [2.24, 2.45) is 0 Å². The Morgan fingerprint density at radius 2 is 2.00 bits per heavy atom. The van der Waals surface area contributed by atoms with E-state index in [0.29, 0.717) is 38.2 Å². The summed E-state index contributed by atoms with van der Waals surface area (Å²) in [7, 11) is 0. The third-order valence-electron chi connectivity index (χ3n) is 5.73. The highest BCUT2D eigenvalue weighted by molar-refractivity contribution is 6.06. The molecule has 1 saturated carbocycles. The Hall–Kier alpha value is -2.87. The fraction of sp³-hybridized carbons (Fsp3) is 0.500. The Bertz CT molecular complexity index is 1030. The molecule has 0 aliphatic heterocycles. The first-order valence-electron chi connectivity index (χ1n) is 10.8. The van der Waals surface area contributed by atoms with Gasteiger partial charge in [0.1, 0.15) is 11.3 Å². The topological polar surface area (TPSA) is 107 Å². The minimum Gasteiger partial charge on any atom is -0.382 e. The van der Waals surface area contributed by atoms with Crippen molar-refractivity contribution in [1.29, 1.82) is 0 Å². The third kappa shape index (κ3) is 4.48. The Labute approximate surface area is 176 Å². The number of urea groups is 1. The van der Waals surface area contributed by atoms with Crippen LogP contribution >= 0.6 is 0 Å². The zero-order valence-corrected chi connectivity index (χ0v) is 17.5. The number of carbonyl (C=O) groups excluding carboxylic acids is 1. The molecule has 4 N–H and O–H groups in total. The van der Waals surface area contributed by atoms with E-state index in [-0.39, 0.29) is 6.03 Å². The molecule has 1 aliphatic rings. The quantitative estimate of drug-likeness (QED) is 0.519. The van der Waals surface area contributed by atoms with E-state index < -0.39 is 0 Å². The molecule has 1 fully saturated rings. The van der Waals surface area contributed by atoms with E-state index in [9.17, 15) is 4.79 Å². The molecule has 1 aromatic carbocycles. The number of aryl methyl sites for hydroxylation is 1. The van der Waals surface area contributed by atoms with Crippen LogP contribution in [0, 0.1) is 6.92 Å². The highest BCUT2D eigenvalue weighted by atomic mass is 16.5. The molecule has 0 spiro atoms. The Morgan fingerprint density at radius 1 is 1.20 bits per heavy atom. The number of ether oxygens (including phenoxy) is 1. The van der Waals surface area contributed by atoms with Gasteiger partial charge in [0, 0.05) is 24.5 Å². The fourth-order valence-corrected chi connectivity index (χ4v) is 4.22. The molecular weight excluding hydrogens is 380 g/mol. The largest absolute Gasteiger partial charge is 0.382 e. The van der Waals surface area contributed by atoms with Crippen LogP contribution in [0.3, 0.4) is 0 Å². The van der Waals surface area contributed by atoms with Gasteiger partial charge in [-0.25, -0.2) is 14.8 Å². The number of amides is 2. The lowest BCUT2D eigenvalue weighted by Crippen LogP contribution is -2.43. The maximum Gasteiger partial charge on any atom is 0.315 e. The molecule has 3 aromatic rings. The second-order valence-electron chi connectivity index (χ2n) is 7.87. The van der Waals surface area contributed by atoms with Crippen molar-refractivity contribution >= 4 is 33.8 Å². The van der Waals surface area contributed by atoms with Crippen LogP contribution in [-0.4, -0.2) is 46.4 Å². The molecule has 0 unspecified atom stereocenters. The van der Waals surface area contributed by atoms with Gasteiger partial charge in [0.05, 0.1) is 24.2 Å². The van der Waals surface area contributed by atoms with Gasteiger partial charge in [-0.2, -0.15) is 0 Å². The van der Waals surface area contributed by atoms with Gasteiger partial charge in [-0.15, -0.1) is 0 Å². The summed E-state index contributed by atoms with van der Waals surface area (Å²) in [6.07, 6.45) is 5.84. The summed E-state index contributed by atoms with van der Waals surface area (Å²) in [5.74, 6) is 1.32. The summed E-state index contributed by atoms with van der Waals surface area (Å²) in [6, 6.07) is 8.16. The van der Waals surface area contributed by atoms with Crippen molar-refractivity contribution < 1.29 is 9.53 Å². The van der Waals surface area contributed by atoms with Crippen molar-refractivity contribution in [3.63, 3.8) is 0 Å². The minimum atomic E-state index is -0.101. The predicted molar refractivity (Wildman–Crippen MR) is 118 cm³/mol. The monoisotopic (exact) mass is 410 g/mol. The summed E-state index contributed by atoms with van der Waals surface area (Å²) < 4.78 is 7.88. The summed E-state index contributed by atoms with van der Waals surface area (Å²) in [5.41, 5.74) is 8.71. The van der Waals surface area contributed by atoms with Gasteiger partial charge in [0.15, 0.2) is 5.82 Å². The molecule has 0 bridgehead atoms. The van der Waals surface area contributed by atoms with Crippen LogP contribution in [0.5, 0.6) is 0 Å². The van der Waals surface area contributed by atoms with Crippen LogP contribution in [0.1, 0.15) is 37.9 Å². The molecule has 30 heavy (non-hydrogen) atoms. The first-order valence-corrected chi connectivity index (χ1v) is 10.8. The van der Waals surface area contributed by atoms with Gasteiger partial charge in [-0.3, -0.25) is 0 Å². The minimum absolute atomic E-state index is 0.101. The molecule has 2 amide bonds. The van der Waals surface area contributed by atoms with Crippen molar-refractivity contribution in [2.45, 2.75) is 51.6 Å². The number of nitrogens with zero attached hydrogens (tertiary/aromatic N) is 3. The van der Waals surface area contributed by atoms with Gasteiger partial charge in [0.25, 0.3) is 0 Å². The number of nitrogens with two attached hydrogens (primary N) is 1. The Kier molecular flexibility index (Phi) is 6.32. The zero-order chi connectivity index (χ0) is 20.9. The number of fused-ring (bicyclic) bond motifs is 3. The lowest BCUT2D eigenvalue weighted by molar-refractivity contribution is 0.128. The van der Waals surface area contributed by atoms with E-state index >= 15 is 0 Å². The van der Waals surface area contributed by atoms with Crippen LogP contribution in [0.4, 0.5) is 10.6 Å². The first-order chi connectivity index (χ1) is 14.6. The van der Waals surface area contributed by atoms with Crippen LogP contribution in [0.15, 0.2) is 24.3 Å². The third-order valence-corrected chi connectivity index (χ3v) is 5.73. The smallest absolute Gasteiger partial charge is 0.315 e. The molecule has 0 saturated heterocycles. The molecule has 0 atom stereocenters. The number of hydrogen-bond donors (Lipinski definition) is 3. The number of hydrogen-bond acceptors (Lipinski definition) is 5.